The van der Waals surface area contributed by atoms with Crippen LogP contribution < -0.4 is 11.2 Å². The Morgan fingerprint density at radius 1 is 1.57 bits per heavy atom. The lowest BCUT2D eigenvalue weighted by Crippen LogP contribution is -2.33. The fourth-order valence-electron chi connectivity index (χ4n) is 2.25. The van der Waals surface area contributed by atoms with Crippen LogP contribution in [0.1, 0.15) is 31.6 Å². The summed E-state index contributed by atoms with van der Waals surface area (Å²) >= 11 is 0. The van der Waals surface area contributed by atoms with Crippen molar-refractivity contribution in [1.82, 2.24) is 9.55 Å². The molecule has 0 unspecified atom stereocenters. The molecular weight excluding hydrogens is 280 g/mol. The Morgan fingerprint density at radius 3 is 2.86 bits per heavy atom. The van der Waals surface area contributed by atoms with Crippen LogP contribution in [0.3, 0.4) is 0 Å². The number of carboxylic acids is 1. The molecule has 0 radical (unpaired) electrons. The monoisotopic (exact) mass is 296 g/mol. The molecule has 8 heteroatoms. The first-order valence-electron chi connectivity index (χ1n) is 6.52. The molecule has 1 fully saturated rings. The van der Waals surface area contributed by atoms with Gasteiger partial charge in [0.1, 0.15) is 6.23 Å². The number of rotatable bonds is 4. The van der Waals surface area contributed by atoms with Crippen LogP contribution in [0.15, 0.2) is 21.9 Å². The van der Waals surface area contributed by atoms with Gasteiger partial charge in [0.2, 0.25) is 0 Å². The van der Waals surface area contributed by atoms with Gasteiger partial charge in [0.25, 0.3) is 5.56 Å². The first-order valence-corrected chi connectivity index (χ1v) is 6.52. The van der Waals surface area contributed by atoms with Crippen molar-refractivity contribution >= 4 is 12.0 Å². The number of nitrogens with one attached hydrogen (secondary N) is 1. The molecule has 1 aromatic heterocycles. The fourth-order valence-corrected chi connectivity index (χ4v) is 2.25. The van der Waals surface area contributed by atoms with E-state index in [-0.39, 0.29) is 18.1 Å². The van der Waals surface area contributed by atoms with Gasteiger partial charge < -0.3 is 14.9 Å². The van der Waals surface area contributed by atoms with Gasteiger partial charge in [0.05, 0.1) is 17.8 Å². The minimum Gasteiger partial charge on any atom is -0.478 e. The molecule has 2 rings (SSSR count). The number of ether oxygens (including phenoxy) is 1. The van der Waals surface area contributed by atoms with Gasteiger partial charge in [-0.15, -0.1) is 0 Å². The number of aliphatic hydroxyl groups is 1. The lowest BCUT2D eigenvalue weighted by atomic mass is 10.1. The molecule has 1 saturated heterocycles. The first-order chi connectivity index (χ1) is 9.92. The van der Waals surface area contributed by atoms with Crippen molar-refractivity contribution in [1.29, 1.82) is 0 Å². The van der Waals surface area contributed by atoms with Crippen molar-refractivity contribution < 1.29 is 19.7 Å². The van der Waals surface area contributed by atoms with E-state index < -0.39 is 29.6 Å². The Kier molecular flexibility index (Phi) is 4.39. The summed E-state index contributed by atoms with van der Waals surface area (Å²) in [5, 5.41) is 18.4. The standard InChI is InChI=1S/C13H16N2O6/c1-2-9-8(16)5-10(21-9)15-6-7(3-4-11(17)18)12(19)14-13(15)20/h3-4,6,8-10,16H,2,5H2,1H3,(H,17,18)(H,14,19,20)/b4-3+/t8-,9-,10-/m1/s1. The van der Waals surface area contributed by atoms with Gasteiger partial charge in [0, 0.05) is 18.7 Å². The van der Waals surface area contributed by atoms with Gasteiger partial charge in [-0.25, -0.2) is 9.59 Å². The predicted molar refractivity (Wildman–Crippen MR) is 72.8 cm³/mol. The number of nitrogens with zero attached hydrogens (tertiary/aromatic N) is 1. The highest BCUT2D eigenvalue weighted by Gasteiger charge is 2.34. The lowest BCUT2D eigenvalue weighted by molar-refractivity contribution is -0.131. The van der Waals surface area contributed by atoms with Crippen LogP contribution in [-0.2, 0) is 9.53 Å². The summed E-state index contributed by atoms with van der Waals surface area (Å²) in [4.78, 5) is 36.0. The minimum absolute atomic E-state index is 0.0232. The number of aliphatic carboxylic acids is 1. The molecular formula is C13H16N2O6. The Bertz CT molecular complexity index is 674. The Hall–Kier alpha value is -2.19. The number of hydrogen-bond acceptors (Lipinski definition) is 5. The van der Waals surface area contributed by atoms with Crippen molar-refractivity contribution in [3.05, 3.63) is 38.7 Å². The summed E-state index contributed by atoms with van der Waals surface area (Å²) < 4.78 is 6.72. The zero-order valence-corrected chi connectivity index (χ0v) is 11.4. The van der Waals surface area contributed by atoms with Gasteiger partial charge in [-0.1, -0.05) is 6.92 Å². The van der Waals surface area contributed by atoms with E-state index in [2.05, 4.69) is 4.98 Å². The van der Waals surface area contributed by atoms with Gasteiger partial charge in [-0.3, -0.25) is 14.3 Å². The molecule has 0 saturated carbocycles. The maximum atomic E-state index is 11.8. The van der Waals surface area contributed by atoms with Crippen LogP contribution in [0.4, 0.5) is 0 Å². The molecule has 1 aromatic rings. The zero-order valence-electron chi connectivity index (χ0n) is 11.4. The smallest absolute Gasteiger partial charge is 0.330 e. The van der Waals surface area contributed by atoms with Crippen molar-refractivity contribution in [3.8, 4) is 0 Å². The molecule has 0 aromatic carbocycles. The summed E-state index contributed by atoms with van der Waals surface area (Å²) in [6.45, 7) is 1.85. The molecule has 3 atom stereocenters. The third-order valence-electron chi connectivity index (χ3n) is 3.32. The second-order valence-corrected chi connectivity index (χ2v) is 4.76. The van der Waals surface area contributed by atoms with E-state index in [0.717, 1.165) is 16.7 Å². The van der Waals surface area contributed by atoms with Crippen molar-refractivity contribution in [3.63, 3.8) is 0 Å². The average Bonchev–Trinajstić information content (AvgIpc) is 2.78. The highest BCUT2D eigenvalue weighted by atomic mass is 16.5. The van der Waals surface area contributed by atoms with Gasteiger partial charge >= 0.3 is 11.7 Å². The molecule has 2 heterocycles. The molecule has 0 spiro atoms. The van der Waals surface area contributed by atoms with Crippen LogP contribution >= 0.6 is 0 Å². The number of aromatic nitrogens is 2. The van der Waals surface area contributed by atoms with Crippen molar-refractivity contribution in [2.45, 2.75) is 38.2 Å². The summed E-state index contributed by atoms with van der Waals surface area (Å²) in [6.07, 6.45) is 2.22. The Morgan fingerprint density at radius 2 is 2.29 bits per heavy atom. The molecule has 0 aliphatic carbocycles. The van der Waals surface area contributed by atoms with Gasteiger partial charge in [-0.05, 0) is 12.5 Å². The number of aromatic amines is 1. The minimum atomic E-state index is -1.20. The number of carboxylic acid groups (broad SMARTS) is 1. The van der Waals surface area contributed by atoms with Crippen molar-refractivity contribution in [2.75, 3.05) is 0 Å². The molecule has 0 amide bonds. The normalized spacial score (nSPS) is 25.5. The summed E-state index contributed by atoms with van der Waals surface area (Å²) in [5.41, 5.74) is -1.32. The van der Waals surface area contributed by atoms with Crippen LogP contribution in [0.25, 0.3) is 6.08 Å². The van der Waals surface area contributed by atoms with E-state index in [1.165, 1.54) is 6.20 Å². The van der Waals surface area contributed by atoms with Crippen LogP contribution in [0.5, 0.6) is 0 Å². The maximum absolute atomic E-state index is 11.8. The summed E-state index contributed by atoms with van der Waals surface area (Å²) in [6, 6.07) is 0. The van der Waals surface area contributed by atoms with Crippen LogP contribution in [0.2, 0.25) is 0 Å². The maximum Gasteiger partial charge on any atom is 0.330 e. The second kappa shape index (κ2) is 6.06. The number of aliphatic hydroxyl groups excluding tert-OH is 1. The van der Waals surface area contributed by atoms with E-state index >= 15 is 0 Å². The molecule has 1 aliphatic rings. The van der Waals surface area contributed by atoms with E-state index in [0.29, 0.717) is 6.42 Å². The fraction of sp³-hybridized carbons (Fsp3) is 0.462. The summed E-state index contributed by atoms with van der Waals surface area (Å²) in [5.74, 6) is -1.20. The Balaban J connectivity index is 2.37. The van der Waals surface area contributed by atoms with Gasteiger partial charge in [0.15, 0.2) is 0 Å². The third kappa shape index (κ3) is 3.29. The number of carbonyl (C=O) groups is 1. The SMILES string of the molecule is CC[C@H]1O[C@@H](n2cc(/C=C/C(=O)O)c(=O)[nH]c2=O)C[C@H]1O. The van der Waals surface area contributed by atoms with E-state index in [1.807, 2.05) is 6.92 Å². The molecule has 21 heavy (non-hydrogen) atoms. The van der Waals surface area contributed by atoms with E-state index in [9.17, 15) is 19.5 Å². The highest BCUT2D eigenvalue weighted by Crippen LogP contribution is 2.29. The topological polar surface area (TPSA) is 122 Å². The molecule has 8 nitrogen and oxygen atoms in total. The van der Waals surface area contributed by atoms with Gasteiger partial charge in [-0.2, -0.15) is 0 Å². The lowest BCUT2D eigenvalue weighted by Gasteiger charge is -2.15. The number of hydrogen-bond donors (Lipinski definition) is 3. The van der Waals surface area contributed by atoms with Crippen LogP contribution in [0, 0.1) is 0 Å². The zero-order chi connectivity index (χ0) is 15.6. The molecule has 114 valence electrons. The van der Waals surface area contributed by atoms with E-state index in [4.69, 9.17) is 9.84 Å². The third-order valence-corrected chi connectivity index (χ3v) is 3.32. The number of H-pyrrole nitrogens is 1. The average molecular weight is 296 g/mol. The predicted octanol–water partition coefficient (Wildman–Crippen LogP) is -0.307. The highest BCUT2D eigenvalue weighted by molar-refractivity contribution is 5.85. The summed E-state index contributed by atoms with van der Waals surface area (Å²) in [7, 11) is 0. The van der Waals surface area contributed by atoms with Crippen LogP contribution in [-0.4, -0.2) is 37.9 Å². The second-order valence-electron chi connectivity index (χ2n) is 4.76. The quantitative estimate of drug-likeness (QED) is 0.655. The molecule has 3 N–H and O–H groups in total. The largest absolute Gasteiger partial charge is 0.478 e. The molecule has 0 bridgehead atoms. The first kappa shape index (κ1) is 15.2. The Labute approximate surface area is 119 Å². The van der Waals surface area contributed by atoms with Crippen molar-refractivity contribution in [2.24, 2.45) is 0 Å². The molecule has 1 aliphatic heterocycles. The van der Waals surface area contributed by atoms with E-state index in [1.54, 1.807) is 0 Å².